The summed E-state index contributed by atoms with van der Waals surface area (Å²) in [6.45, 7) is 9.02. The van der Waals surface area contributed by atoms with Crippen molar-refractivity contribution in [3.63, 3.8) is 0 Å². The number of nitrogens with one attached hydrogen (secondary N) is 1. The molecular weight excluding hydrogens is 533 g/mol. The molecule has 2 aliphatic rings. The number of rotatable bonds is 10. The molecule has 0 unspecified atom stereocenters. The lowest BCUT2D eigenvalue weighted by atomic mass is 10.0. The van der Waals surface area contributed by atoms with Crippen LogP contribution >= 0.6 is 0 Å². The van der Waals surface area contributed by atoms with Gasteiger partial charge in [-0.15, -0.1) is 0 Å². The average Bonchev–Trinajstić information content (AvgIpc) is 3.02. The molecule has 0 atom stereocenters. The molecule has 222 valence electrons. The number of carbonyl (C=O) groups is 1. The van der Waals surface area contributed by atoms with E-state index in [0.29, 0.717) is 55.2 Å². The molecular formula is C33H40FN5O3. The van der Waals surface area contributed by atoms with Crippen LogP contribution in [0.4, 0.5) is 15.8 Å². The first-order valence-corrected chi connectivity index (χ1v) is 14.6. The molecule has 1 N–H and O–H groups in total. The van der Waals surface area contributed by atoms with Crippen LogP contribution in [-0.4, -0.2) is 81.9 Å². The van der Waals surface area contributed by atoms with Crippen LogP contribution in [0.15, 0.2) is 67.4 Å². The van der Waals surface area contributed by atoms with Crippen molar-refractivity contribution in [2.45, 2.75) is 25.4 Å². The molecule has 0 aliphatic carbocycles. The Morgan fingerprint density at radius 2 is 1.79 bits per heavy atom. The molecule has 2 aliphatic heterocycles. The van der Waals surface area contributed by atoms with Crippen molar-refractivity contribution in [3.8, 4) is 5.88 Å². The number of hydrogen-bond donors (Lipinski definition) is 1. The maximum Gasteiger partial charge on any atom is 0.254 e. The number of amides is 1. The van der Waals surface area contributed by atoms with Crippen LogP contribution in [0.2, 0.25) is 0 Å². The molecule has 0 saturated carbocycles. The fraction of sp³-hybridized carbons (Fsp3) is 0.394. The largest absolute Gasteiger partial charge is 0.474 e. The normalized spacial score (nSPS) is 15.8. The zero-order chi connectivity index (χ0) is 29.5. The summed E-state index contributed by atoms with van der Waals surface area (Å²) in [6, 6.07) is 16.6. The molecule has 0 bridgehead atoms. The highest BCUT2D eigenvalue weighted by atomic mass is 19.1. The molecule has 3 heterocycles. The second-order valence-electron chi connectivity index (χ2n) is 11.0. The van der Waals surface area contributed by atoms with Crippen molar-refractivity contribution in [3.05, 3.63) is 89.9 Å². The number of ether oxygens (including phenoxy) is 2. The van der Waals surface area contributed by atoms with Gasteiger partial charge in [-0.1, -0.05) is 18.7 Å². The van der Waals surface area contributed by atoms with Gasteiger partial charge in [0.1, 0.15) is 11.9 Å². The van der Waals surface area contributed by atoms with E-state index in [-0.39, 0.29) is 12.0 Å². The lowest BCUT2D eigenvalue weighted by Crippen LogP contribution is -2.42. The Bertz CT molecular complexity index is 1350. The minimum Gasteiger partial charge on any atom is -0.474 e. The fourth-order valence-corrected chi connectivity index (χ4v) is 5.34. The van der Waals surface area contributed by atoms with Gasteiger partial charge in [0.15, 0.2) is 0 Å². The van der Waals surface area contributed by atoms with Crippen molar-refractivity contribution in [1.82, 2.24) is 15.2 Å². The number of benzene rings is 2. The summed E-state index contributed by atoms with van der Waals surface area (Å²) in [6.07, 6.45) is 3.96. The SMILES string of the molecule is C=C(NCCc1ccc(N(C)C)cc1)c1ccc(F)cc1C(=O)N1CCC(Oc2ccc(N3CCOCC3)cn2)CC1. The first kappa shape index (κ1) is 29.4. The van der Waals surface area contributed by atoms with E-state index in [1.165, 1.54) is 17.7 Å². The molecule has 0 radical (unpaired) electrons. The van der Waals surface area contributed by atoms with E-state index in [1.54, 1.807) is 11.0 Å². The summed E-state index contributed by atoms with van der Waals surface area (Å²) >= 11 is 0. The summed E-state index contributed by atoms with van der Waals surface area (Å²) in [5.41, 5.74) is 4.95. The predicted octanol–water partition coefficient (Wildman–Crippen LogP) is 4.61. The predicted molar refractivity (Wildman–Crippen MR) is 165 cm³/mol. The monoisotopic (exact) mass is 573 g/mol. The number of likely N-dealkylation sites (tertiary alicyclic amines) is 1. The van der Waals surface area contributed by atoms with Crippen LogP contribution in [0.3, 0.4) is 0 Å². The molecule has 8 nitrogen and oxygen atoms in total. The Labute approximate surface area is 247 Å². The maximum absolute atomic E-state index is 14.3. The zero-order valence-electron chi connectivity index (χ0n) is 24.5. The van der Waals surface area contributed by atoms with Gasteiger partial charge in [0.2, 0.25) is 5.88 Å². The molecule has 42 heavy (non-hydrogen) atoms. The van der Waals surface area contributed by atoms with E-state index in [2.05, 4.69) is 50.9 Å². The van der Waals surface area contributed by atoms with E-state index in [4.69, 9.17) is 9.47 Å². The van der Waals surface area contributed by atoms with Gasteiger partial charge in [0, 0.05) is 82.7 Å². The van der Waals surface area contributed by atoms with Crippen LogP contribution < -0.4 is 19.9 Å². The summed E-state index contributed by atoms with van der Waals surface area (Å²) in [7, 11) is 4.03. The van der Waals surface area contributed by atoms with E-state index in [9.17, 15) is 9.18 Å². The van der Waals surface area contributed by atoms with Crippen LogP contribution in [-0.2, 0) is 11.2 Å². The smallest absolute Gasteiger partial charge is 0.254 e. The number of nitrogens with zero attached hydrogens (tertiary/aromatic N) is 4. The van der Waals surface area contributed by atoms with Crippen molar-refractivity contribution in [1.29, 1.82) is 0 Å². The number of anilines is 2. The third-order valence-electron chi connectivity index (χ3n) is 7.86. The van der Waals surface area contributed by atoms with E-state index in [1.807, 2.05) is 32.4 Å². The van der Waals surface area contributed by atoms with Crippen LogP contribution in [0, 0.1) is 5.82 Å². The standard InChI is InChI=1S/C33H40FN5O3/c1-24(35-15-12-25-4-7-27(8-5-25)37(2)3)30-10-6-26(34)22-31(30)33(40)39-16-13-29(14-17-39)42-32-11-9-28(23-36-32)38-18-20-41-21-19-38/h4-11,22-23,29,35H,1,12-21H2,2-3H3. The second-order valence-corrected chi connectivity index (χ2v) is 11.0. The van der Waals surface area contributed by atoms with Gasteiger partial charge in [0.25, 0.3) is 5.91 Å². The molecule has 9 heteroatoms. The van der Waals surface area contributed by atoms with E-state index in [0.717, 1.165) is 44.1 Å². The Morgan fingerprint density at radius 3 is 2.45 bits per heavy atom. The molecule has 2 fully saturated rings. The van der Waals surface area contributed by atoms with Gasteiger partial charge < -0.3 is 29.5 Å². The minimum absolute atomic E-state index is 0.0359. The number of pyridine rings is 1. The number of carbonyl (C=O) groups excluding carboxylic acids is 1. The molecule has 2 saturated heterocycles. The van der Waals surface area contributed by atoms with Gasteiger partial charge in [-0.05, 0) is 48.4 Å². The quantitative estimate of drug-likeness (QED) is 0.380. The van der Waals surface area contributed by atoms with Crippen LogP contribution in [0.1, 0.15) is 34.3 Å². The van der Waals surface area contributed by atoms with Crippen molar-refractivity contribution < 1.29 is 18.7 Å². The highest BCUT2D eigenvalue weighted by Gasteiger charge is 2.27. The van der Waals surface area contributed by atoms with Gasteiger partial charge in [-0.2, -0.15) is 0 Å². The first-order chi connectivity index (χ1) is 20.4. The molecule has 1 amide bonds. The van der Waals surface area contributed by atoms with E-state index < -0.39 is 5.82 Å². The van der Waals surface area contributed by atoms with E-state index >= 15 is 0 Å². The molecule has 1 aromatic heterocycles. The Kier molecular flexibility index (Phi) is 9.59. The molecule has 2 aromatic carbocycles. The number of piperidine rings is 1. The first-order valence-electron chi connectivity index (χ1n) is 14.6. The number of aromatic nitrogens is 1. The summed E-state index contributed by atoms with van der Waals surface area (Å²) < 4.78 is 25.8. The molecule has 0 spiro atoms. The van der Waals surface area contributed by atoms with Crippen molar-refractivity contribution >= 4 is 23.0 Å². The Morgan fingerprint density at radius 1 is 1.05 bits per heavy atom. The van der Waals surface area contributed by atoms with Gasteiger partial charge in [0.05, 0.1) is 30.7 Å². The van der Waals surface area contributed by atoms with Crippen molar-refractivity contribution in [2.24, 2.45) is 0 Å². The third-order valence-corrected chi connectivity index (χ3v) is 7.86. The maximum atomic E-state index is 14.3. The second kappa shape index (κ2) is 13.7. The van der Waals surface area contributed by atoms with Gasteiger partial charge in [-0.25, -0.2) is 9.37 Å². The lowest BCUT2D eigenvalue weighted by molar-refractivity contribution is 0.0587. The Hall–Kier alpha value is -4.11. The number of morpholine rings is 1. The molecule has 5 rings (SSSR count). The highest BCUT2D eigenvalue weighted by Crippen LogP contribution is 2.24. The minimum atomic E-state index is -0.444. The fourth-order valence-electron chi connectivity index (χ4n) is 5.34. The third kappa shape index (κ3) is 7.39. The zero-order valence-corrected chi connectivity index (χ0v) is 24.5. The molecule has 3 aromatic rings. The average molecular weight is 574 g/mol. The number of hydrogen-bond acceptors (Lipinski definition) is 7. The lowest BCUT2D eigenvalue weighted by Gasteiger charge is -2.32. The van der Waals surface area contributed by atoms with Crippen LogP contribution in [0.5, 0.6) is 5.88 Å². The van der Waals surface area contributed by atoms with Crippen molar-refractivity contribution in [2.75, 3.05) is 69.8 Å². The number of halogens is 1. The summed E-state index contributed by atoms with van der Waals surface area (Å²) in [5, 5.41) is 3.33. The Balaban J connectivity index is 1.13. The topological polar surface area (TPSA) is 70.2 Å². The highest BCUT2D eigenvalue weighted by molar-refractivity contribution is 5.99. The summed E-state index contributed by atoms with van der Waals surface area (Å²) in [4.78, 5) is 24.1. The summed E-state index contributed by atoms with van der Waals surface area (Å²) in [5.74, 6) is -0.0564. The van der Waals surface area contributed by atoms with Gasteiger partial charge >= 0.3 is 0 Å². The van der Waals surface area contributed by atoms with Gasteiger partial charge in [-0.3, -0.25) is 4.79 Å². The van der Waals surface area contributed by atoms with Crippen LogP contribution in [0.25, 0.3) is 5.70 Å².